The van der Waals surface area contributed by atoms with Crippen LogP contribution in [-0.4, -0.2) is 25.2 Å². The number of halogens is 2. The first kappa shape index (κ1) is 15.4. The summed E-state index contributed by atoms with van der Waals surface area (Å²) in [6, 6.07) is 3.44. The van der Waals surface area contributed by atoms with Crippen molar-refractivity contribution in [3.63, 3.8) is 0 Å². The van der Waals surface area contributed by atoms with Gasteiger partial charge in [-0.1, -0.05) is 11.6 Å². The van der Waals surface area contributed by atoms with Crippen LogP contribution in [0.5, 0.6) is 0 Å². The summed E-state index contributed by atoms with van der Waals surface area (Å²) in [6.07, 6.45) is 0. The Balaban J connectivity index is 3.18. The first-order chi connectivity index (χ1) is 9.01. The lowest BCUT2D eigenvalue weighted by molar-refractivity contribution is -0.156. The molecule has 19 heavy (non-hydrogen) atoms. The number of carbonyl (C=O) groups is 2. The van der Waals surface area contributed by atoms with Crippen molar-refractivity contribution in [1.82, 2.24) is 0 Å². The number of hydrogen-bond acceptors (Lipinski definition) is 4. The zero-order chi connectivity index (χ0) is 14.4. The van der Waals surface area contributed by atoms with Crippen LogP contribution in [0.1, 0.15) is 25.3 Å². The molecule has 1 aromatic carbocycles. The Bertz CT molecular complexity index is 458. The lowest BCUT2D eigenvalue weighted by Gasteiger charge is -2.15. The SMILES string of the molecule is CCOC(=O)C(C(=O)OCC)c1cc(F)ccc1Cl. The molecule has 0 aliphatic carbocycles. The molecule has 0 radical (unpaired) electrons. The van der Waals surface area contributed by atoms with Crippen molar-refractivity contribution in [3.8, 4) is 0 Å². The molecule has 0 amide bonds. The van der Waals surface area contributed by atoms with Gasteiger partial charge >= 0.3 is 11.9 Å². The average molecular weight is 289 g/mol. The quantitative estimate of drug-likeness (QED) is 0.617. The van der Waals surface area contributed by atoms with Crippen LogP contribution in [0.4, 0.5) is 4.39 Å². The van der Waals surface area contributed by atoms with Crippen molar-refractivity contribution in [2.45, 2.75) is 19.8 Å². The lowest BCUT2D eigenvalue weighted by Crippen LogP contribution is -2.26. The van der Waals surface area contributed by atoms with Gasteiger partial charge in [-0.25, -0.2) is 4.39 Å². The third-order valence-corrected chi connectivity index (χ3v) is 2.66. The summed E-state index contributed by atoms with van der Waals surface area (Å²) in [5.41, 5.74) is 0.0403. The van der Waals surface area contributed by atoms with Gasteiger partial charge in [0.15, 0.2) is 5.92 Å². The van der Waals surface area contributed by atoms with Crippen molar-refractivity contribution in [2.75, 3.05) is 13.2 Å². The normalized spacial score (nSPS) is 10.4. The van der Waals surface area contributed by atoms with E-state index >= 15 is 0 Å². The second-order valence-electron chi connectivity index (χ2n) is 3.60. The van der Waals surface area contributed by atoms with Crippen molar-refractivity contribution >= 4 is 23.5 Å². The van der Waals surface area contributed by atoms with Gasteiger partial charge in [0.25, 0.3) is 0 Å². The highest BCUT2D eigenvalue weighted by Crippen LogP contribution is 2.28. The Labute approximate surface area is 115 Å². The van der Waals surface area contributed by atoms with E-state index in [1.165, 1.54) is 6.07 Å². The van der Waals surface area contributed by atoms with E-state index in [9.17, 15) is 14.0 Å². The van der Waals surface area contributed by atoms with E-state index in [0.717, 1.165) is 12.1 Å². The number of ether oxygens (including phenoxy) is 2. The van der Waals surface area contributed by atoms with Gasteiger partial charge in [-0.2, -0.15) is 0 Å². The largest absolute Gasteiger partial charge is 0.465 e. The minimum atomic E-state index is -1.37. The van der Waals surface area contributed by atoms with Crippen LogP contribution in [-0.2, 0) is 19.1 Å². The Kier molecular flexibility index (Phi) is 5.76. The van der Waals surface area contributed by atoms with Crippen LogP contribution < -0.4 is 0 Å². The fourth-order valence-corrected chi connectivity index (χ4v) is 1.76. The molecule has 0 bridgehead atoms. The third-order valence-electron chi connectivity index (χ3n) is 2.31. The molecule has 0 N–H and O–H groups in total. The van der Waals surface area contributed by atoms with Crippen molar-refractivity contribution in [2.24, 2.45) is 0 Å². The number of esters is 2. The smallest absolute Gasteiger partial charge is 0.324 e. The molecule has 0 atom stereocenters. The van der Waals surface area contributed by atoms with Crippen LogP contribution in [0.2, 0.25) is 5.02 Å². The summed E-state index contributed by atoms with van der Waals surface area (Å²) in [5, 5.41) is 0.104. The molecule has 0 aromatic heterocycles. The summed E-state index contributed by atoms with van der Waals surface area (Å²) < 4.78 is 22.8. The Morgan fingerprint density at radius 2 is 1.74 bits per heavy atom. The molecule has 4 nitrogen and oxygen atoms in total. The molecule has 0 saturated heterocycles. The highest BCUT2D eigenvalue weighted by molar-refractivity contribution is 6.32. The molecule has 0 spiro atoms. The van der Waals surface area contributed by atoms with E-state index < -0.39 is 23.7 Å². The molecule has 1 rings (SSSR count). The molecule has 0 aliphatic rings. The van der Waals surface area contributed by atoms with Gasteiger partial charge in [-0.3, -0.25) is 9.59 Å². The molecule has 0 heterocycles. The molecule has 6 heteroatoms. The van der Waals surface area contributed by atoms with Crippen LogP contribution in [0, 0.1) is 5.82 Å². The second kappa shape index (κ2) is 7.09. The van der Waals surface area contributed by atoms with E-state index in [-0.39, 0.29) is 23.8 Å². The molecule has 104 valence electrons. The summed E-state index contributed by atoms with van der Waals surface area (Å²) in [5.74, 6) is -3.59. The summed E-state index contributed by atoms with van der Waals surface area (Å²) in [4.78, 5) is 23.6. The summed E-state index contributed by atoms with van der Waals surface area (Å²) in [7, 11) is 0. The van der Waals surface area contributed by atoms with E-state index in [4.69, 9.17) is 21.1 Å². The van der Waals surface area contributed by atoms with Gasteiger partial charge in [0.2, 0.25) is 0 Å². The Morgan fingerprint density at radius 1 is 1.21 bits per heavy atom. The van der Waals surface area contributed by atoms with Gasteiger partial charge in [0.05, 0.1) is 13.2 Å². The minimum Gasteiger partial charge on any atom is -0.465 e. The van der Waals surface area contributed by atoms with Crippen molar-refractivity contribution < 1.29 is 23.5 Å². The van der Waals surface area contributed by atoms with Gasteiger partial charge in [-0.05, 0) is 37.6 Å². The Morgan fingerprint density at radius 3 is 2.21 bits per heavy atom. The molecule has 0 unspecified atom stereocenters. The van der Waals surface area contributed by atoms with Crippen LogP contribution in [0.3, 0.4) is 0 Å². The third kappa shape index (κ3) is 3.92. The predicted octanol–water partition coefficient (Wildman–Crippen LogP) is 2.69. The van der Waals surface area contributed by atoms with E-state index in [2.05, 4.69) is 0 Å². The van der Waals surface area contributed by atoms with Gasteiger partial charge < -0.3 is 9.47 Å². The first-order valence-electron chi connectivity index (χ1n) is 5.79. The standard InChI is InChI=1S/C13H14ClFO4/c1-3-18-12(16)11(13(17)19-4-2)9-7-8(15)5-6-10(9)14/h5-7,11H,3-4H2,1-2H3. The van der Waals surface area contributed by atoms with Gasteiger partial charge in [0.1, 0.15) is 5.82 Å². The van der Waals surface area contributed by atoms with E-state index in [0.29, 0.717) is 0 Å². The maximum atomic E-state index is 13.2. The van der Waals surface area contributed by atoms with Gasteiger partial charge in [0, 0.05) is 5.02 Å². The molecule has 0 aliphatic heterocycles. The average Bonchev–Trinajstić information content (AvgIpc) is 2.34. The number of carbonyl (C=O) groups excluding carboxylic acids is 2. The van der Waals surface area contributed by atoms with Crippen LogP contribution in [0.15, 0.2) is 18.2 Å². The fourth-order valence-electron chi connectivity index (χ4n) is 1.54. The van der Waals surface area contributed by atoms with Crippen LogP contribution in [0.25, 0.3) is 0 Å². The van der Waals surface area contributed by atoms with Crippen molar-refractivity contribution in [3.05, 3.63) is 34.6 Å². The fraction of sp³-hybridized carbons (Fsp3) is 0.385. The molecular weight excluding hydrogens is 275 g/mol. The molecule has 1 aromatic rings. The minimum absolute atomic E-state index is 0.0403. The predicted molar refractivity (Wildman–Crippen MR) is 67.4 cm³/mol. The zero-order valence-electron chi connectivity index (χ0n) is 10.6. The number of hydrogen-bond donors (Lipinski definition) is 0. The highest BCUT2D eigenvalue weighted by atomic mass is 35.5. The van der Waals surface area contributed by atoms with E-state index in [1.54, 1.807) is 13.8 Å². The molecular formula is C13H14ClFO4. The topological polar surface area (TPSA) is 52.6 Å². The number of rotatable bonds is 5. The summed E-state index contributed by atoms with van der Waals surface area (Å²) in [6.45, 7) is 3.41. The maximum Gasteiger partial charge on any atom is 0.324 e. The van der Waals surface area contributed by atoms with E-state index in [1.807, 2.05) is 0 Å². The maximum absolute atomic E-state index is 13.2. The second-order valence-corrected chi connectivity index (χ2v) is 4.01. The van der Waals surface area contributed by atoms with Gasteiger partial charge in [-0.15, -0.1) is 0 Å². The number of benzene rings is 1. The molecule has 0 saturated carbocycles. The monoisotopic (exact) mass is 288 g/mol. The lowest BCUT2D eigenvalue weighted by atomic mass is 9.99. The van der Waals surface area contributed by atoms with Crippen LogP contribution >= 0.6 is 11.6 Å². The van der Waals surface area contributed by atoms with Crippen molar-refractivity contribution in [1.29, 1.82) is 0 Å². The zero-order valence-corrected chi connectivity index (χ0v) is 11.4. The Hall–Kier alpha value is -1.62. The highest BCUT2D eigenvalue weighted by Gasteiger charge is 2.33. The summed E-state index contributed by atoms with van der Waals surface area (Å²) >= 11 is 5.90. The first-order valence-corrected chi connectivity index (χ1v) is 6.17. The molecule has 0 fully saturated rings.